The average molecular weight is 308 g/mol. The fourth-order valence-corrected chi connectivity index (χ4v) is 3.27. The van der Waals surface area contributed by atoms with E-state index in [0.29, 0.717) is 5.02 Å². The number of rotatable bonds is 3. The molecule has 0 saturated heterocycles. The second-order valence-corrected chi connectivity index (χ2v) is 6.26. The van der Waals surface area contributed by atoms with Crippen LogP contribution in [0.1, 0.15) is 31.2 Å². The molecule has 0 fully saturated rings. The first-order valence-corrected chi connectivity index (χ1v) is 7.54. The quantitative estimate of drug-likeness (QED) is 0.802. The zero-order chi connectivity index (χ0) is 14.3. The maximum absolute atomic E-state index is 9.56. The molecular weight excluding hydrogens is 294 g/mol. The number of aliphatic hydroxyl groups is 1. The summed E-state index contributed by atoms with van der Waals surface area (Å²) in [6.45, 7) is 4.06. The van der Waals surface area contributed by atoms with Crippen molar-refractivity contribution in [2.75, 3.05) is 0 Å². The molecular formula is C14H14ClN3OS. The fourth-order valence-electron chi connectivity index (χ4n) is 2.15. The maximum Gasteiger partial charge on any atom is 0.213 e. The summed E-state index contributed by atoms with van der Waals surface area (Å²) in [6, 6.07) is 7.57. The molecule has 2 heterocycles. The predicted octanol–water partition coefficient (Wildman–Crippen LogP) is 3.73. The summed E-state index contributed by atoms with van der Waals surface area (Å²) < 4.78 is 1.73. The number of hydrogen-bond acceptors (Lipinski definition) is 4. The predicted molar refractivity (Wildman–Crippen MR) is 81.3 cm³/mol. The lowest BCUT2D eigenvalue weighted by Gasteiger charge is -2.02. The molecule has 0 bridgehead atoms. The van der Waals surface area contributed by atoms with Crippen LogP contribution in [0.25, 0.3) is 15.5 Å². The van der Waals surface area contributed by atoms with Crippen LogP contribution in [0.5, 0.6) is 0 Å². The number of fused-ring (bicyclic) bond motifs is 1. The van der Waals surface area contributed by atoms with Crippen LogP contribution in [0.15, 0.2) is 24.3 Å². The molecule has 1 N–H and O–H groups in total. The molecule has 0 aliphatic carbocycles. The van der Waals surface area contributed by atoms with Crippen LogP contribution in [0.2, 0.25) is 5.02 Å². The van der Waals surface area contributed by atoms with Crippen molar-refractivity contribution in [2.24, 2.45) is 0 Å². The van der Waals surface area contributed by atoms with E-state index in [1.807, 2.05) is 24.3 Å². The molecule has 6 heteroatoms. The molecule has 0 spiro atoms. The van der Waals surface area contributed by atoms with Crippen molar-refractivity contribution < 1.29 is 5.11 Å². The molecule has 0 atom stereocenters. The van der Waals surface area contributed by atoms with Gasteiger partial charge in [0.1, 0.15) is 5.01 Å². The SMILES string of the molecule is CC(C)c1nc2sc(-c3cccc(Cl)c3)nn2c1CO. The standard InChI is InChI=1S/C14H14ClN3OS/c1-8(2)12-11(7-19)18-14(16-12)20-13(17-18)9-4-3-5-10(15)6-9/h3-6,8,19H,7H2,1-2H3. The summed E-state index contributed by atoms with van der Waals surface area (Å²) in [5.74, 6) is 0.265. The molecule has 4 nitrogen and oxygen atoms in total. The third kappa shape index (κ3) is 2.22. The Balaban J connectivity index is 2.15. The molecule has 1 aromatic carbocycles. The van der Waals surface area contributed by atoms with Crippen LogP contribution in [0.4, 0.5) is 0 Å². The second kappa shape index (κ2) is 5.16. The van der Waals surface area contributed by atoms with Crippen LogP contribution in [-0.4, -0.2) is 19.7 Å². The van der Waals surface area contributed by atoms with E-state index in [-0.39, 0.29) is 12.5 Å². The topological polar surface area (TPSA) is 50.4 Å². The largest absolute Gasteiger partial charge is 0.390 e. The average Bonchev–Trinajstić information content (AvgIpc) is 2.95. The first-order valence-electron chi connectivity index (χ1n) is 6.35. The van der Waals surface area contributed by atoms with E-state index < -0.39 is 0 Å². The lowest BCUT2D eigenvalue weighted by atomic mass is 10.1. The van der Waals surface area contributed by atoms with Gasteiger partial charge in [-0.25, -0.2) is 9.50 Å². The van der Waals surface area contributed by atoms with Gasteiger partial charge in [0.05, 0.1) is 18.0 Å². The van der Waals surface area contributed by atoms with Gasteiger partial charge < -0.3 is 5.11 Å². The van der Waals surface area contributed by atoms with Gasteiger partial charge in [-0.2, -0.15) is 5.10 Å². The van der Waals surface area contributed by atoms with Crippen molar-refractivity contribution in [3.8, 4) is 10.6 Å². The monoisotopic (exact) mass is 307 g/mol. The molecule has 2 aromatic heterocycles. The number of hydrogen-bond donors (Lipinski definition) is 1. The normalized spacial score (nSPS) is 11.7. The van der Waals surface area contributed by atoms with E-state index in [4.69, 9.17) is 11.6 Å². The van der Waals surface area contributed by atoms with E-state index >= 15 is 0 Å². The van der Waals surface area contributed by atoms with Crippen LogP contribution in [-0.2, 0) is 6.61 Å². The number of aliphatic hydroxyl groups excluding tert-OH is 1. The van der Waals surface area contributed by atoms with E-state index in [2.05, 4.69) is 23.9 Å². The van der Waals surface area contributed by atoms with E-state index in [1.165, 1.54) is 11.3 Å². The number of nitrogens with zero attached hydrogens (tertiary/aromatic N) is 3. The second-order valence-electron chi connectivity index (χ2n) is 4.87. The van der Waals surface area contributed by atoms with Gasteiger partial charge in [-0.3, -0.25) is 0 Å². The molecule has 0 aliphatic rings. The Morgan fingerprint density at radius 3 is 2.85 bits per heavy atom. The lowest BCUT2D eigenvalue weighted by Crippen LogP contribution is -1.99. The summed E-state index contributed by atoms with van der Waals surface area (Å²) in [5.41, 5.74) is 2.63. The lowest BCUT2D eigenvalue weighted by molar-refractivity contribution is 0.272. The molecule has 20 heavy (non-hydrogen) atoms. The van der Waals surface area contributed by atoms with Gasteiger partial charge in [0.25, 0.3) is 0 Å². The van der Waals surface area contributed by atoms with Crippen LogP contribution >= 0.6 is 22.9 Å². The molecule has 104 valence electrons. The highest BCUT2D eigenvalue weighted by Crippen LogP contribution is 2.30. The Hall–Kier alpha value is -1.43. The molecule has 3 aromatic rings. The molecule has 0 unspecified atom stereocenters. The zero-order valence-electron chi connectivity index (χ0n) is 11.2. The summed E-state index contributed by atoms with van der Waals surface area (Å²) in [6.07, 6.45) is 0. The minimum atomic E-state index is -0.0621. The Bertz CT molecular complexity index is 763. The van der Waals surface area contributed by atoms with Crippen molar-refractivity contribution in [1.29, 1.82) is 0 Å². The molecule has 0 aliphatic heterocycles. The zero-order valence-corrected chi connectivity index (χ0v) is 12.7. The highest BCUT2D eigenvalue weighted by Gasteiger charge is 2.18. The van der Waals surface area contributed by atoms with Gasteiger partial charge in [0, 0.05) is 10.6 Å². The smallest absolute Gasteiger partial charge is 0.213 e. The molecule has 3 rings (SSSR count). The maximum atomic E-state index is 9.56. The highest BCUT2D eigenvalue weighted by molar-refractivity contribution is 7.19. The van der Waals surface area contributed by atoms with Crippen LogP contribution < -0.4 is 0 Å². The van der Waals surface area contributed by atoms with Gasteiger partial charge in [0.15, 0.2) is 0 Å². The van der Waals surface area contributed by atoms with Gasteiger partial charge in [-0.05, 0) is 18.1 Å². The van der Waals surface area contributed by atoms with Gasteiger partial charge in [0.2, 0.25) is 4.96 Å². The highest BCUT2D eigenvalue weighted by atomic mass is 35.5. The number of imidazole rings is 1. The van der Waals surface area contributed by atoms with E-state index in [0.717, 1.165) is 26.9 Å². The van der Waals surface area contributed by atoms with Gasteiger partial charge >= 0.3 is 0 Å². The minimum Gasteiger partial charge on any atom is -0.390 e. The van der Waals surface area contributed by atoms with Crippen LogP contribution in [0, 0.1) is 0 Å². The summed E-state index contributed by atoms with van der Waals surface area (Å²) in [7, 11) is 0. The third-order valence-corrected chi connectivity index (χ3v) is 4.29. The fraction of sp³-hybridized carbons (Fsp3) is 0.286. The summed E-state index contributed by atoms with van der Waals surface area (Å²) in [5, 5.41) is 15.6. The molecule has 0 radical (unpaired) electrons. The number of aromatic nitrogens is 3. The Morgan fingerprint density at radius 1 is 1.40 bits per heavy atom. The molecule has 0 amide bonds. The van der Waals surface area contributed by atoms with Crippen LogP contribution in [0.3, 0.4) is 0 Å². The van der Waals surface area contributed by atoms with E-state index in [9.17, 15) is 5.11 Å². The van der Waals surface area contributed by atoms with Crippen molar-refractivity contribution >= 4 is 27.9 Å². The van der Waals surface area contributed by atoms with Crippen molar-refractivity contribution in [1.82, 2.24) is 14.6 Å². The Morgan fingerprint density at radius 2 is 2.20 bits per heavy atom. The van der Waals surface area contributed by atoms with Gasteiger partial charge in [-0.1, -0.05) is 48.9 Å². The minimum absolute atomic E-state index is 0.0621. The van der Waals surface area contributed by atoms with Gasteiger partial charge in [-0.15, -0.1) is 0 Å². The number of benzene rings is 1. The number of halogens is 1. The Labute approximate surface area is 125 Å². The first kappa shape index (κ1) is 13.5. The summed E-state index contributed by atoms with van der Waals surface area (Å²) >= 11 is 7.51. The van der Waals surface area contributed by atoms with E-state index in [1.54, 1.807) is 4.52 Å². The third-order valence-electron chi connectivity index (χ3n) is 3.10. The summed E-state index contributed by atoms with van der Waals surface area (Å²) in [4.78, 5) is 5.38. The van der Waals surface area contributed by atoms with Crippen molar-refractivity contribution in [2.45, 2.75) is 26.4 Å². The van der Waals surface area contributed by atoms with Crippen molar-refractivity contribution in [3.05, 3.63) is 40.7 Å². The Kier molecular flexibility index (Phi) is 3.50. The van der Waals surface area contributed by atoms with Crippen molar-refractivity contribution in [3.63, 3.8) is 0 Å². The molecule has 0 saturated carbocycles. The first-order chi connectivity index (χ1) is 9.60.